The molecule has 0 aliphatic heterocycles. The maximum Gasteiger partial charge on any atom is 0.407 e. The summed E-state index contributed by atoms with van der Waals surface area (Å²) in [6, 6.07) is -1.05. The first-order valence-corrected chi connectivity index (χ1v) is 11.0. The molecule has 0 unspecified atom stereocenters. The number of carbonyl (C=O) groups excluding carboxylic acids is 3. The highest BCUT2D eigenvalue weighted by atomic mass is 16.5. The highest BCUT2D eigenvalue weighted by Gasteiger charge is 2.38. The standard InChI is InChI=1S/C21H37N3O4/c1-4-28-21(27)23-18(15(2)3)19(25)24(17-13-9-6-10-14-17)20(26)22-16-11-7-5-8-12-16/h15-18H,4-14H2,1-3H3,(H,22,26)(H,23,27)/t18-/m1/s1. The van der Waals surface area contributed by atoms with Gasteiger partial charge in [-0.05, 0) is 38.5 Å². The predicted molar refractivity (Wildman–Crippen MR) is 108 cm³/mol. The smallest absolute Gasteiger partial charge is 0.407 e. The summed E-state index contributed by atoms with van der Waals surface area (Å²) in [5.41, 5.74) is 0. The zero-order valence-electron chi connectivity index (χ0n) is 17.7. The molecule has 0 aromatic carbocycles. The van der Waals surface area contributed by atoms with E-state index < -0.39 is 12.1 Å². The molecule has 2 aliphatic rings. The van der Waals surface area contributed by atoms with Gasteiger partial charge >= 0.3 is 12.1 Å². The van der Waals surface area contributed by atoms with Gasteiger partial charge in [-0.3, -0.25) is 9.69 Å². The van der Waals surface area contributed by atoms with Gasteiger partial charge < -0.3 is 15.4 Å². The van der Waals surface area contributed by atoms with Crippen LogP contribution in [0.5, 0.6) is 0 Å². The third kappa shape index (κ3) is 6.38. The van der Waals surface area contributed by atoms with Crippen LogP contribution in [0.3, 0.4) is 0 Å². The van der Waals surface area contributed by atoms with Crippen LogP contribution in [0.15, 0.2) is 0 Å². The van der Waals surface area contributed by atoms with E-state index in [1.165, 1.54) is 11.3 Å². The van der Waals surface area contributed by atoms with Crippen molar-refractivity contribution in [1.82, 2.24) is 15.5 Å². The second-order valence-corrected chi connectivity index (χ2v) is 8.37. The molecule has 0 spiro atoms. The van der Waals surface area contributed by atoms with E-state index in [1.54, 1.807) is 6.92 Å². The second kappa shape index (κ2) is 11.3. The quantitative estimate of drug-likeness (QED) is 0.712. The Kier molecular flexibility index (Phi) is 9.06. The minimum atomic E-state index is -0.780. The lowest BCUT2D eigenvalue weighted by atomic mass is 9.92. The number of nitrogens with one attached hydrogen (secondary N) is 2. The number of alkyl carbamates (subject to hydrolysis) is 1. The molecule has 4 amide bonds. The molecule has 0 radical (unpaired) electrons. The Morgan fingerprint density at radius 2 is 1.54 bits per heavy atom. The van der Waals surface area contributed by atoms with Gasteiger partial charge in [0.1, 0.15) is 6.04 Å². The number of amides is 4. The number of rotatable bonds is 6. The van der Waals surface area contributed by atoms with Crippen molar-refractivity contribution in [2.75, 3.05) is 6.61 Å². The van der Waals surface area contributed by atoms with Crippen LogP contribution in [-0.2, 0) is 9.53 Å². The third-order valence-corrected chi connectivity index (χ3v) is 5.81. The van der Waals surface area contributed by atoms with Gasteiger partial charge in [-0.1, -0.05) is 52.4 Å². The Morgan fingerprint density at radius 1 is 0.964 bits per heavy atom. The molecule has 7 nitrogen and oxygen atoms in total. The van der Waals surface area contributed by atoms with E-state index >= 15 is 0 Å². The molecule has 0 saturated heterocycles. The lowest BCUT2D eigenvalue weighted by molar-refractivity contribution is -0.133. The van der Waals surface area contributed by atoms with Crippen LogP contribution >= 0.6 is 0 Å². The monoisotopic (exact) mass is 395 g/mol. The topological polar surface area (TPSA) is 87.7 Å². The molecule has 1 atom stereocenters. The highest BCUT2D eigenvalue weighted by Crippen LogP contribution is 2.25. The van der Waals surface area contributed by atoms with E-state index in [9.17, 15) is 14.4 Å². The number of hydrogen-bond acceptors (Lipinski definition) is 4. The molecule has 0 bridgehead atoms. The first-order valence-electron chi connectivity index (χ1n) is 11.0. The fourth-order valence-electron chi connectivity index (χ4n) is 4.24. The molecule has 2 saturated carbocycles. The molecule has 0 aromatic rings. The summed E-state index contributed by atoms with van der Waals surface area (Å²) in [6.45, 7) is 5.69. The number of nitrogens with zero attached hydrogens (tertiary/aromatic N) is 1. The van der Waals surface area contributed by atoms with Crippen molar-refractivity contribution in [1.29, 1.82) is 0 Å². The number of ether oxygens (including phenoxy) is 1. The van der Waals surface area contributed by atoms with Gasteiger partial charge in [-0.2, -0.15) is 0 Å². The van der Waals surface area contributed by atoms with Crippen molar-refractivity contribution < 1.29 is 19.1 Å². The number of imide groups is 1. The molecule has 28 heavy (non-hydrogen) atoms. The van der Waals surface area contributed by atoms with Gasteiger partial charge in [0.2, 0.25) is 0 Å². The Labute approximate surface area is 168 Å². The fraction of sp³-hybridized carbons (Fsp3) is 0.857. The molecular formula is C21H37N3O4. The van der Waals surface area contributed by atoms with Gasteiger partial charge in [-0.15, -0.1) is 0 Å². The van der Waals surface area contributed by atoms with Crippen molar-refractivity contribution in [3.05, 3.63) is 0 Å². The van der Waals surface area contributed by atoms with Crippen molar-refractivity contribution >= 4 is 18.0 Å². The minimum Gasteiger partial charge on any atom is -0.450 e. The second-order valence-electron chi connectivity index (χ2n) is 8.37. The predicted octanol–water partition coefficient (Wildman–Crippen LogP) is 3.96. The average molecular weight is 396 g/mol. The number of carbonyl (C=O) groups is 3. The van der Waals surface area contributed by atoms with Crippen molar-refractivity contribution in [3.8, 4) is 0 Å². The van der Waals surface area contributed by atoms with Crippen molar-refractivity contribution in [2.24, 2.45) is 5.92 Å². The maximum absolute atomic E-state index is 13.4. The van der Waals surface area contributed by atoms with E-state index in [4.69, 9.17) is 4.74 Å². The van der Waals surface area contributed by atoms with Crippen molar-refractivity contribution in [2.45, 2.75) is 103 Å². The SMILES string of the molecule is CCOC(=O)N[C@@H](C(=O)N(C(=O)NC1CCCCC1)C1CCCCC1)C(C)C. The van der Waals surface area contributed by atoms with Crippen LogP contribution in [0.2, 0.25) is 0 Å². The average Bonchev–Trinajstić information content (AvgIpc) is 2.68. The zero-order chi connectivity index (χ0) is 20.5. The van der Waals surface area contributed by atoms with Crippen LogP contribution in [0.1, 0.15) is 85.0 Å². The zero-order valence-corrected chi connectivity index (χ0v) is 17.7. The Hall–Kier alpha value is -1.79. The lowest BCUT2D eigenvalue weighted by Crippen LogP contribution is -2.59. The van der Waals surface area contributed by atoms with E-state index in [1.807, 2.05) is 13.8 Å². The summed E-state index contributed by atoms with van der Waals surface area (Å²) in [5.74, 6) is -0.478. The Morgan fingerprint density at radius 3 is 2.07 bits per heavy atom. The van der Waals surface area contributed by atoms with E-state index in [0.29, 0.717) is 0 Å². The molecule has 160 valence electrons. The summed E-state index contributed by atoms with van der Waals surface area (Å²) < 4.78 is 4.96. The Bertz CT molecular complexity index is 526. The minimum absolute atomic E-state index is 0.102. The molecule has 2 fully saturated rings. The van der Waals surface area contributed by atoms with Crippen LogP contribution in [0.4, 0.5) is 9.59 Å². The maximum atomic E-state index is 13.4. The van der Waals surface area contributed by atoms with E-state index in [-0.39, 0.29) is 36.5 Å². The van der Waals surface area contributed by atoms with Crippen LogP contribution in [0, 0.1) is 5.92 Å². The molecular weight excluding hydrogens is 358 g/mol. The fourth-order valence-corrected chi connectivity index (χ4v) is 4.24. The molecule has 7 heteroatoms. The molecule has 0 aromatic heterocycles. The summed E-state index contributed by atoms with van der Waals surface area (Å²) in [5, 5.41) is 5.75. The molecule has 2 N–H and O–H groups in total. The summed E-state index contributed by atoms with van der Waals surface area (Å²) >= 11 is 0. The lowest BCUT2D eigenvalue weighted by Gasteiger charge is -2.37. The van der Waals surface area contributed by atoms with E-state index in [0.717, 1.165) is 57.8 Å². The largest absolute Gasteiger partial charge is 0.450 e. The number of urea groups is 1. The van der Waals surface area contributed by atoms with Crippen LogP contribution in [-0.4, -0.2) is 47.7 Å². The van der Waals surface area contributed by atoms with Gasteiger partial charge in [0.05, 0.1) is 6.61 Å². The van der Waals surface area contributed by atoms with Crippen molar-refractivity contribution in [3.63, 3.8) is 0 Å². The normalized spacial score (nSPS) is 19.7. The first kappa shape index (κ1) is 22.5. The molecule has 0 heterocycles. The van der Waals surface area contributed by atoms with Gasteiger partial charge in [0, 0.05) is 12.1 Å². The summed E-state index contributed by atoms with van der Waals surface area (Å²) in [6.07, 6.45) is 9.57. The van der Waals surface area contributed by atoms with Crippen LogP contribution < -0.4 is 10.6 Å². The summed E-state index contributed by atoms with van der Waals surface area (Å²) in [7, 11) is 0. The third-order valence-electron chi connectivity index (χ3n) is 5.81. The molecule has 2 aliphatic carbocycles. The van der Waals surface area contributed by atoms with Gasteiger partial charge in [-0.25, -0.2) is 9.59 Å². The highest BCUT2D eigenvalue weighted by molar-refractivity contribution is 5.99. The molecule has 2 rings (SSSR count). The summed E-state index contributed by atoms with van der Waals surface area (Å²) in [4.78, 5) is 39.9. The number of hydrogen-bond donors (Lipinski definition) is 2. The van der Waals surface area contributed by atoms with E-state index in [2.05, 4.69) is 10.6 Å². The Balaban J connectivity index is 2.16. The first-order chi connectivity index (χ1) is 13.4. The van der Waals surface area contributed by atoms with Gasteiger partial charge in [0.25, 0.3) is 5.91 Å². The van der Waals surface area contributed by atoms with Gasteiger partial charge in [0.15, 0.2) is 0 Å². The van der Waals surface area contributed by atoms with Crippen LogP contribution in [0.25, 0.3) is 0 Å².